The SMILES string of the molecule is Cc1nnc(NC(=O)CN2CCc3nc(NC(=O)C4CCCO4)sc3C2)s1. The Kier molecular flexibility index (Phi) is 5.43. The van der Waals surface area contributed by atoms with Crippen molar-refractivity contribution in [1.29, 1.82) is 0 Å². The Bertz CT molecular complexity index is 845. The summed E-state index contributed by atoms with van der Waals surface area (Å²) in [5.41, 5.74) is 0.999. The third kappa shape index (κ3) is 4.49. The van der Waals surface area contributed by atoms with E-state index in [2.05, 4.69) is 30.7 Å². The third-order valence-corrected chi connectivity index (χ3v) is 6.15. The van der Waals surface area contributed by atoms with Gasteiger partial charge in [0.05, 0.1) is 12.2 Å². The Morgan fingerprint density at radius 3 is 2.89 bits per heavy atom. The van der Waals surface area contributed by atoms with E-state index in [0.717, 1.165) is 41.4 Å². The number of carbonyl (C=O) groups is 2. The number of rotatable bonds is 5. The number of nitrogens with one attached hydrogen (secondary N) is 2. The highest BCUT2D eigenvalue weighted by Gasteiger charge is 2.26. The van der Waals surface area contributed by atoms with E-state index < -0.39 is 0 Å². The van der Waals surface area contributed by atoms with Crippen LogP contribution in [0.25, 0.3) is 0 Å². The van der Waals surface area contributed by atoms with Gasteiger partial charge in [0, 0.05) is 31.0 Å². The largest absolute Gasteiger partial charge is 0.368 e. The molecule has 0 aliphatic carbocycles. The molecule has 0 bridgehead atoms. The van der Waals surface area contributed by atoms with E-state index in [1.165, 1.54) is 22.7 Å². The Morgan fingerprint density at radius 1 is 1.26 bits per heavy atom. The number of thiazole rings is 1. The summed E-state index contributed by atoms with van der Waals surface area (Å²) >= 11 is 2.82. The molecular formula is C16H20N6O3S2. The van der Waals surface area contributed by atoms with Crippen LogP contribution >= 0.6 is 22.7 Å². The molecule has 27 heavy (non-hydrogen) atoms. The number of hydrogen-bond donors (Lipinski definition) is 2. The first-order valence-corrected chi connectivity index (χ1v) is 10.4. The van der Waals surface area contributed by atoms with Crippen LogP contribution in [0, 0.1) is 6.92 Å². The zero-order chi connectivity index (χ0) is 18.8. The molecule has 11 heteroatoms. The van der Waals surface area contributed by atoms with E-state index in [0.29, 0.717) is 23.4 Å². The Labute approximate surface area is 164 Å². The van der Waals surface area contributed by atoms with Crippen molar-refractivity contribution < 1.29 is 14.3 Å². The highest BCUT2D eigenvalue weighted by atomic mass is 32.1. The summed E-state index contributed by atoms with van der Waals surface area (Å²) in [5.74, 6) is -0.229. The molecule has 144 valence electrons. The second kappa shape index (κ2) is 7.97. The number of anilines is 2. The molecule has 0 radical (unpaired) electrons. The highest BCUT2D eigenvalue weighted by Crippen LogP contribution is 2.29. The molecule has 2 aliphatic rings. The molecule has 4 rings (SSSR count). The molecule has 1 atom stereocenters. The minimum atomic E-state index is -0.366. The Balaban J connectivity index is 1.32. The van der Waals surface area contributed by atoms with Crippen molar-refractivity contribution in [1.82, 2.24) is 20.1 Å². The molecule has 0 saturated carbocycles. The van der Waals surface area contributed by atoms with Crippen LogP contribution in [-0.4, -0.2) is 57.7 Å². The van der Waals surface area contributed by atoms with Crippen LogP contribution in [0.5, 0.6) is 0 Å². The van der Waals surface area contributed by atoms with Crippen molar-refractivity contribution in [3.8, 4) is 0 Å². The van der Waals surface area contributed by atoms with E-state index >= 15 is 0 Å². The predicted molar refractivity (Wildman–Crippen MR) is 102 cm³/mol. The number of nitrogens with zero attached hydrogens (tertiary/aromatic N) is 4. The van der Waals surface area contributed by atoms with E-state index in [4.69, 9.17) is 4.74 Å². The van der Waals surface area contributed by atoms with Crippen LogP contribution < -0.4 is 10.6 Å². The quantitative estimate of drug-likeness (QED) is 0.770. The number of carbonyl (C=O) groups excluding carboxylic acids is 2. The highest BCUT2D eigenvalue weighted by molar-refractivity contribution is 7.16. The van der Waals surface area contributed by atoms with Crippen molar-refractivity contribution in [2.45, 2.75) is 38.8 Å². The lowest BCUT2D eigenvalue weighted by atomic mass is 10.2. The third-order valence-electron chi connectivity index (χ3n) is 4.40. The van der Waals surface area contributed by atoms with Gasteiger partial charge < -0.3 is 4.74 Å². The number of amides is 2. The first-order chi connectivity index (χ1) is 13.1. The number of hydrogen-bond acceptors (Lipinski definition) is 9. The predicted octanol–water partition coefficient (Wildman–Crippen LogP) is 1.42. The summed E-state index contributed by atoms with van der Waals surface area (Å²) in [7, 11) is 0. The van der Waals surface area contributed by atoms with Gasteiger partial charge in [0.15, 0.2) is 5.13 Å². The van der Waals surface area contributed by atoms with Gasteiger partial charge in [-0.1, -0.05) is 11.3 Å². The summed E-state index contributed by atoms with van der Waals surface area (Å²) in [6, 6.07) is 0. The molecule has 1 fully saturated rings. The van der Waals surface area contributed by atoms with Crippen LogP contribution in [0.1, 0.15) is 28.4 Å². The fourth-order valence-electron chi connectivity index (χ4n) is 3.12. The van der Waals surface area contributed by atoms with Gasteiger partial charge in [-0.3, -0.25) is 25.1 Å². The maximum absolute atomic E-state index is 12.2. The minimum absolute atomic E-state index is 0.106. The van der Waals surface area contributed by atoms with Crippen molar-refractivity contribution in [3.63, 3.8) is 0 Å². The second-order valence-electron chi connectivity index (χ2n) is 6.51. The van der Waals surface area contributed by atoms with Gasteiger partial charge in [0.1, 0.15) is 11.1 Å². The van der Waals surface area contributed by atoms with Crippen LogP contribution in [0.3, 0.4) is 0 Å². The van der Waals surface area contributed by atoms with Crippen molar-refractivity contribution >= 4 is 44.8 Å². The maximum Gasteiger partial charge on any atom is 0.255 e. The molecular weight excluding hydrogens is 388 g/mol. The molecule has 2 aromatic heterocycles. The van der Waals surface area contributed by atoms with Crippen LogP contribution in [0.15, 0.2) is 0 Å². The van der Waals surface area contributed by atoms with Gasteiger partial charge in [-0.05, 0) is 19.8 Å². The molecule has 1 unspecified atom stereocenters. The lowest BCUT2D eigenvalue weighted by molar-refractivity contribution is -0.124. The summed E-state index contributed by atoms with van der Waals surface area (Å²) in [6.45, 7) is 4.16. The molecule has 0 spiro atoms. The van der Waals surface area contributed by atoms with Crippen LogP contribution in [-0.2, 0) is 27.3 Å². The minimum Gasteiger partial charge on any atom is -0.368 e. The Morgan fingerprint density at radius 2 is 2.15 bits per heavy atom. The standard InChI is InChI=1S/C16H20N6O3S2/c1-9-20-21-16(26-9)18-13(23)8-22-5-4-10-12(7-22)27-15(17-10)19-14(24)11-3-2-6-25-11/h11H,2-8H2,1H3,(H,17,19,24)(H,18,21,23). The summed E-state index contributed by atoms with van der Waals surface area (Å²) < 4.78 is 5.40. The van der Waals surface area contributed by atoms with Crippen molar-refractivity contribution in [2.75, 3.05) is 30.3 Å². The fourth-order valence-corrected chi connectivity index (χ4v) is 4.78. The van der Waals surface area contributed by atoms with Gasteiger partial charge >= 0.3 is 0 Å². The molecule has 9 nitrogen and oxygen atoms in total. The second-order valence-corrected chi connectivity index (χ2v) is 8.78. The zero-order valence-electron chi connectivity index (χ0n) is 14.9. The van der Waals surface area contributed by atoms with E-state index in [-0.39, 0.29) is 24.5 Å². The molecule has 2 aromatic rings. The average Bonchev–Trinajstić information content (AvgIpc) is 3.35. The fraction of sp³-hybridized carbons (Fsp3) is 0.562. The van der Waals surface area contributed by atoms with Gasteiger partial charge in [0.2, 0.25) is 11.0 Å². The lowest BCUT2D eigenvalue weighted by Gasteiger charge is -2.24. The van der Waals surface area contributed by atoms with E-state index in [1.807, 2.05) is 6.92 Å². The molecule has 1 saturated heterocycles. The number of aryl methyl sites for hydroxylation is 1. The summed E-state index contributed by atoms with van der Waals surface area (Å²) in [4.78, 5) is 32.1. The van der Waals surface area contributed by atoms with E-state index in [9.17, 15) is 9.59 Å². The van der Waals surface area contributed by atoms with Gasteiger partial charge in [-0.15, -0.1) is 21.5 Å². The van der Waals surface area contributed by atoms with Crippen molar-refractivity contribution in [2.24, 2.45) is 0 Å². The van der Waals surface area contributed by atoms with Crippen LogP contribution in [0.4, 0.5) is 10.3 Å². The Hall–Kier alpha value is -1.95. The topological polar surface area (TPSA) is 109 Å². The first kappa shape index (κ1) is 18.4. The molecule has 2 amide bonds. The molecule has 2 N–H and O–H groups in total. The monoisotopic (exact) mass is 408 g/mol. The van der Waals surface area contributed by atoms with Crippen molar-refractivity contribution in [3.05, 3.63) is 15.6 Å². The molecule has 0 aromatic carbocycles. The summed E-state index contributed by atoms with van der Waals surface area (Å²) in [5, 5.41) is 15.4. The summed E-state index contributed by atoms with van der Waals surface area (Å²) in [6.07, 6.45) is 2.07. The number of aromatic nitrogens is 3. The average molecular weight is 409 g/mol. The van der Waals surface area contributed by atoms with Gasteiger partial charge in [0.25, 0.3) is 5.91 Å². The maximum atomic E-state index is 12.2. The number of fused-ring (bicyclic) bond motifs is 1. The van der Waals surface area contributed by atoms with E-state index in [1.54, 1.807) is 0 Å². The zero-order valence-corrected chi connectivity index (χ0v) is 16.5. The van der Waals surface area contributed by atoms with Gasteiger partial charge in [-0.25, -0.2) is 4.98 Å². The lowest BCUT2D eigenvalue weighted by Crippen LogP contribution is -2.36. The smallest absolute Gasteiger partial charge is 0.255 e. The number of ether oxygens (including phenoxy) is 1. The molecule has 2 aliphatic heterocycles. The molecule has 4 heterocycles. The first-order valence-electron chi connectivity index (χ1n) is 8.80. The van der Waals surface area contributed by atoms with Crippen LogP contribution in [0.2, 0.25) is 0 Å². The van der Waals surface area contributed by atoms with Gasteiger partial charge in [-0.2, -0.15) is 0 Å². The normalized spacial score (nSPS) is 19.7.